The molecule has 226 valence electrons. The molecule has 0 saturated heterocycles. The number of carbonyl (C=O) groups is 4. The zero-order valence-corrected chi connectivity index (χ0v) is 24.3. The molecule has 0 bridgehead atoms. The molecular formula is C36H34O8. The summed E-state index contributed by atoms with van der Waals surface area (Å²) in [6, 6.07) is 31.4. The van der Waals surface area contributed by atoms with Crippen molar-refractivity contribution in [2.45, 2.75) is 38.9 Å². The van der Waals surface area contributed by atoms with Gasteiger partial charge in [0.1, 0.15) is 13.2 Å². The van der Waals surface area contributed by atoms with Crippen molar-refractivity contribution in [1.29, 1.82) is 0 Å². The Balaban J connectivity index is 1.13. The van der Waals surface area contributed by atoms with E-state index in [9.17, 15) is 19.2 Å². The average Bonchev–Trinajstić information content (AvgIpc) is 3.08. The molecule has 0 amide bonds. The third-order valence-electron chi connectivity index (χ3n) is 6.66. The Labute approximate surface area is 256 Å². The maximum Gasteiger partial charge on any atom is 0.339 e. The Hall–Kier alpha value is -5.24. The first kappa shape index (κ1) is 31.7. The first-order valence-electron chi connectivity index (χ1n) is 14.5. The van der Waals surface area contributed by atoms with Gasteiger partial charge in [-0.25, -0.2) is 19.2 Å². The summed E-state index contributed by atoms with van der Waals surface area (Å²) in [5.41, 5.74) is 2.31. The van der Waals surface area contributed by atoms with Gasteiger partial charge in [0.15, 0.2) is 0 Å². The minimum atomic E-state index is -0.595. The van der Waals surface area contributed by atoms with E-state index in [1.807, 2.05) is 60.7 Å². The number of esters is 4. The van der Waals surface area contributed by atoms with Gasteiger partial charge in [0.25, 0.3) is 0 Å². The second-order valence-corrected chi connectivity index (χ2v) is 9.90. The fraction of sp³-hybridized carbons (Fsp3) is 0.222. The lowest BCUT2D eigenvalue weighted by molar-refractivity contribution is 0.0430. The molecule has 4 aromatic carbocycles. The van der Waals surface area contributed by atoms with Crippen molar-refractivity contribution < 1.29 is 38.1 Å². The lowest BCUT2D eigenvalue weighted by atomic mass is 10.1. The van der Waals surface area contributed by atoms with Crippen LogP contribution in [0.3, 0.4) is 0 Å². The highest BCUT2D eigenvalue weighted by molar-refractivity contribution is 6.03. The molecule has 0 aliphatic heterocycles. The molecular weight excluding hydrogens is 560 g/mol. The summed E-state index contributed by atoms with van der Waals surface area (Å²) in [6.45, 7) is 0.577. The quantitative estimate of drug-likeness (QED) is 0.0825. The molecule has 0 aromatic heterocycles. The smallest absolute Gasteiger partial charge is 0.339 e. The standard InChI is InChI=1S/C36H34O8/c37-33(29-19-9-11-21-31(29)35(39)43-25-27-15-5-3-6-16-27)41-23-13-1-2-14-24-42-34(38)30-20-10-12-22-32(30)36(40)44-26-28-17-7-4-8-18-28/h3-12,15-22H,1-2,13-14,23-26H2. The third-order valence-corrected chi connectivity index (χ3v) is 6.66. The average molecular weight is 595 g/mol. The van der Waals surface area contributed by atoms with Crippen LogP contribution in [0.1, 0.15) is 78.2 Å². The summed E-state index contributed by atoms with van der Waals surface area (Å²) in [4.78, 5) is 50.5. The number of carbonyl (C=O) groups excluding carboxylic acids is 4. The van der Waals surface area contributed by atoms with Gasteiger partial charge in [-0.2, -0.15) is 0 Å². The number of rotatable bonds is 15. The van der Waals surface area contributed by atoms with Crippen LogP contribution in [-0.2, 0) is 32.2 Å². The fourth-order valence-corrected chi connectivity index (χ4v) is 4.32. The topological polar surface area (TPSA) is 105 Å². The molecule has 0 atom stereocenters. The maximum atomic E-state index is 12.7. The maximum absolute atomic E-state index is 12.7. The number of unbranched alkanes of at least 4 members (excludes halogenated alkanes) is 3. The van der Waals surface area contributed by atoms with Gasteiger partial charge >= 0.3 is 23.9 Å². The minimum Gasteiger partial charge on any atom is -0.462 e. The van der Waals surface area contributed by atoms with Crippen molar-refractivity contribution in [3.8, 4) is 0 Å². The summed E-state index contributed by atoms with van der Waals surface area (Å²) in [5, 5.41) is 0. The zero-order valence-electron chi connectivity index (χ0n) is 24.3. The molecule has 0 unspecified atom stereocenters. The molecule has 0 fully saturated rings. The van der Waals surface area contributed by atoms with Crippen LogP contribution in [0.25, 0.3) is 0 Å². The number of benzene rings is 4. The Morgan fingerprint density at radius 1 is 0.364 bits per heavy atom. The van der Waals surface area contributed by atoms with Crippen LogP contribution in [0.2, 0.25) is 0 Å². The van der Waals surface area contributed by atoms with E-state index < -0.39 is 23.9 Å². The van der Waals surface area contributed by atoms with E-state index in [2.05, 4.69) is 0 Å². The highest BCUT2D eigenvalue weighted by Gasteiger charge is 2.20. The van der Waals surface area contributed by atoms with Gasteiger partial charge in [-0.1, -0.05) is 84.9 Å². The highest BCUT2D eigenvalue weighted by atomic mass is 16.5. The van der Waals surface area contributed by atoms with Crippen LogP contribution in [0, 0.1) is 0 Å². The summed E-state index contributed by atoms with van der Waals surface area (Å²) < 4.78 is 21.5. The third kappa shape index (κ3) is 9.66. The summed E-state index contributed by atoms with van der Waals surface area (Å²) >= 11 is 0. The fourth-order valence-electron chi connectivity index (χ4n) is 4.32. The lowest BCUT2D eigenvalue weighted by Gasteiger charge is -2.10. The number of hydrogen-bond acceptors (Lipinski definition) is 8. The predicted octanol–water partition coefficient (Wildman–Crippen LogP) is 6.97. The summed E-state index contributed by atoms with van der Waals surface area (Å²) in [6.07, 6.45) is 2.70. The zero-order chi connectivity index (χ0) is 31.0. The first-order valence-corrected chi connectivity index (χ1v) is 14.5. The second-order valence-electron chi connectivity index (χ2n) is 9.90. The van der Waals surface area contributed by atoms with Crippen molar-refractivity contribution in [2.75, 3.05) is 13.2 Å². The predicted molar refractivity (Wildman–Crippen MR) is 163 cm³/mol. The lowest BCUT2D eigenvalue weighted by Crippen LogP contribution is -2.15. The normalized spacial score (nSPS) is 10.5. The molecule has 0 aliphatic rings. The van der Waals surface area contributed by atoms with Crippen LogP contribution in [0.5, 0.6) is 0 Å². The van der Waals surface area contributed by atoms with Crippen LogP contribution in [0.15, 0.2) is 109 Å². The van der Waals surface area contributed by atoms with Gasteiger partial charge in [0.05, 0.1) is 35.5 Å². The van der Waals surface area contributed by atoms with E-state index in [0.29, 0.717) is 12.8 Å². The highest BCUT2D eigenvalue weighted by Crippen LogP contribution is 2.16. The van der Waals surface area contributed by atoms with Crippen molar-refractivity contribution >= 4 is 23.9 Å². The summed E-state index contributed by atoms with van der Waals surface area (Å²) in [5.74, 6) is -2.37. The molecule has 0 radical (unpaired) electrons. The van der Waals surface area contributed by atoms with Crippen LogP contribution >= 0.6 is 0 Å². The van der Waals surface area contributed by atoms with E-state index in [4.69, 9.17) is 18.9 Å². The van der Waals surface area contributed by atoms with Gasteiger partial charge in [-0.05, 0) is 61.1 Å². The molecule has 8 heteroatoms. The van der Waals surface area contributed by atoms with Gasteiger partial charge < -0.3 is 18.9 Å². The van der Waals surface area contributed by atoms with Crippen molar-refractivity contribution in [3.63, 3.8) is 0 Å². The Morgan fingerprint density at radius 3 is 1.00 bits per heavy atom. The Bertz CT molecular complexity index is 1420. The van der Waals surface area contributed by atoms with Crippen molar-refractivity contribution in [1.82, 2.24) is 0 Å². The van der Waals surface area contributed by atoms with E-state index in [1.165, 1.54) is 24.3 Å². The van der Waals surface area contributed by atoms with Crippen molar-refractivity contribution in [2.24, 2.45) is 0 Å². The molecule has 0 heterocycles. The van der Waals surface area contributed by atoms with Gasteiger partial charge in [0, 0.05) is 0 Å². The van der Waals surface area contributed by atoms with Gasteiger partial charge in [-0.15, -0.1) is 0 Å². The SMILES string of the molecule is O=C(OCCCCCCOC(=O)c1ccccc1C(=O)OCc1ccccc1)c1ccccc1C(=O)OCc1ccccc1. The first-order chi connectivity index (χ1) is 21.5. The molecule has 4 rings (SSSR count). The molecule has 4 aromatic rings. The molecule has 0 N–H and O–H groups in total. The number of ether oxygens (including phenoxy) is 4. The Morgan fingerprint density at radius 2 is 0.659 bits per heavy atom. The monoisotopic (exact) mass is 594 g/mol. The van der Waals surface area contributed by atoms with Crippen LogP contribution in [-0.4, -0.2) is 37.1 Å². The molecule has 0 spiro atoms. The van der Waals surface area contributed by atoms with Gasteiger partial charge in [-0.3, -0.25) is 0 Å². The largest absolute Gasteiger partial charge is 0.462 e. The van der Waals surface area contributed by atoms with E-state index in [1.54, 1.807) is 24.3 Å². The van der Waals surface area contributed by atoms with E-state index in [-0.39, 0.29) is 48.7 Å². The van der Waals surface area contributed by atoms with Gasteiger partial charge in [0.2, 0.25) is 0 Å². The minimum absolute atomic E-state index is 0.103. The molecule has 8 nitrogen and oxygen atoms in total. The van der Waals surface area contributed by atoms with Crippen LogP contribution < -0.4 is 0 Å². The van der Waals surface area contributed by atoms with E-state index >= 15 is 0 Å². The Kier molecular flexibility index (Phi) is 12.3. The second kappa shape index (κ2) is 17.0. The van der Waals surface area contributed by atoms with E-state index in [0.717, 1.165) is 24.0 Å². The molecule has 44 heavy (non-hydrogen) atoms. The number of hydrogen-bond donors (Lipinski definition) is 0. The van der Waals surface area contributed by atoms with Crippen molar-refractivity contribution in [3.05, 3.63) is 143 Å². The summed E-state index contributed by atoms with van der Waals surface area (Å²) in [7, 11) is 0. The molecule has 0 aliphatic carbocycles. The van der Waals surface area contributed by atoms with Crippen LogP contribution in [0.4, 0.5) is 0 Å². The molecule has 0 saturated carbocycles.